The summed E-state index contributed by atoms with van der Waals surface area (Å²) in [6.07, 6.45) is 4.47. The summed E-state index contributed by atoms with van der Waals surface area (Å²) >= 11 is 3.43. The molecular formula is C8H11BrN2. The number of hydrogen-bond donors (Lipinski definition) is 1. The van der Waals surface area contributed by atoms with Crippen LogP contribution in [0.3, 0.4) is 0 Å². The van der Waals surface area contributed by atoms with E-state index in [-0.39, 0.29) is 6.04 Å². The van der Waals surface area contributed by atoms with Crippen molar-refractivity contribution in [3.05, 3.63) is 28.5 Å². The van der Waals surface area contributed by atoms with Gasteiger partial charge in [0.05, 0.1) is 0 Å². The summed E-state index contributed by atoms with van der Waals surface area (Å²) < 4.78 is 1.09. The number of nitrogens with two attached hydrogens (primary N) is 1. The Morgan fingerprint density at radius 3 is 3.00 bits per heavy atom. The van der Waals surface area contributed by atoms with Crippen LogP contribution in [0.15, 0.2) is 22.9 Å². The first kappa shape index (κ1) is 8.68. The first-order valence-electron chi connectivity index (χ1n) is 3.54. The maximum atomic E-state index is 5.64. The average molecular weight is 215 g/mol. The van der Waals surface area contributed by atoms with Crippen LogP contribution in [0.25, 0.3) is 0 Å². The Morgan fingerprint density at radius 2 is 2.45 bits per heavy atom. The molecule has 1 atom stereocenters. The zero-order valence-corrected chi connectivity index (χ0v) is 8.01. The van der Waals surface area contributed by atoms with Gasteiger partial charge >= 0.3 is 0 Å². The van der Waals surface area contributed by atoms with Gasteiger partial charge in [0, 0.05) is 22.9 Å². The molecule has 1 aromatic heterocycles. The predicted molar refractivity (Wildman–Crippen MR) is 49.3 cm³/mol. The van der Waals surface area contributed by atoms with E-state index in [4.69, 9.17) is 5.73 Å². The molecule has 1 heterocycles. The van der Waals surface area contributed by atoms with Crippen molar-refractivity contribution in [1.29, 1.82) is 0 Å². The fourth-order valence-electron chi connectivity index (χ4n) is 0.907. The summed E-state index contributed by atoms with van der Waals surface area (Å²) in [5, 5.41) is 0. The molecule has 1 unspecified atom stereocenters. The minimum Gasteiger partial charge on any atom is -0.328 e. The zero-order valence-electron chi connectivity index (χ0n) is 6.42. The Bertz CT molecular complexity index is 235. The van der Waals surface area contributed by atoms with E-state index in [0.717, 1.165) is 10.9 Å². The molecule has 2 N–H and O–H groups in total. The third-order valence-electron chi connectivity index (χ3n) is 1.39. The van der Waals surface area contributed by atoms with Gasteiger partial charge in [-0.25, -0.2) is 0 Å². The molecule has 3 heteroatoms. The van der Waals surface area contributed by atoms with Crippen molar-refractivity contribution < 1.29 is 0 Å². The van der Waals surface area contributed by atoms with E-state index in [0.29, 0.717) is 0 Å². The normalized spacial score (nSPS) is 13.0. The minimum atomic E-state index is 0.190. The van der Waals surface area contributed by atoms with E-state index >= 15 is 0 Å². The number of nitrogens with zero attached hydrogens (tertiary/aromatic N) is 1. The van der Waals surface area contributed by atoms with Crippen molar-refractivity contribution in [2.24, 2.45) is 5.73 Å². The third kappa shape index (κ3) is 2.60. The van der Waals surface area contributed by atoms with Crippen LogP contribution < -0.4 is 5.73 Å². The van der Waals surface area contributed by atoms with Crippen LogP contribution in [0.1, 0.15) is 12.5 Å². The average Bonchev–Trinajstić information content (AvgIpc) is 1.93. The lowest BCUT2D eigenvalue weighted by Gasteiger charge is -2.05. The quantitative estimate of drug-likeness (QED) is 0.815. The molecule has 0 bridgehead atoms. The first-order valence-corrected chi connectivity index (χ1v) is 4.33. The predicted octanol–water partition coefficient (Wildman–Crippen LogP) is 1.73. The number of pyridine rings is 1. The third-order valence-corrected chi connectivity index (χ3v) is 2.16. The molecule has 11 heavy (non-hydrogen) atoms. The van der Waals surface area contributed by atoms with Gasteiger partial charge in [-0.05, 0) is 25.0 Å². The lowest BCUT2D eigenvalue weighted by Crippen LogP contribution is -2.18. The highest BCUT2D eigenvalue weighted by Crippen LogP contribution is 2.15. The highest BCUT2D eigenvalue weighted by atomic mass is 79.9. The molecule has 0 saturated carbocycles. The highest BCUT2D eigenvalue weighted by Gasteiger charge is 2.01. The van der Waals surface area contributed by atoms with Gasteiger partial charge in [-0.2, -0.15) is 0 Å². The molecule has 2 nitrogen and oxygen atoms in total. The van der Waals surface area contributed by atoms with Gasteiger partial charge in [0.25, 0.3) is 0 Å². The molecule has 0 aromatic carbocycles. The maximum Gasteiger partial charge on any atom is 0.0311 e. The lowest BCUT2D eigenvalue weighted by molar-refractivity contribution is 0.733. The summed E-state index contributed by atoms with van der Waals surface area (Å²) in [6.45, 7) is 1.99. The Labute approximate surface area is 75.0 Å². The molecule has 60 valence electrons. The fourth-order valence-corrected chi connectivity index (χ4v) is 1.29. The van der Waals surface area contributed by atoms with Crippen LogP contribution >= 0.6 is 15.9 Å². The number of halogens is 1. The summed E-state index contributed by atoms with van der Waals surface area (Å²) in [5.74, 6) is 0. The molecule has 0 radical (unpaired) electrons. The summed E-state index contributed by atoms with van der Waals surface area (Å²) in [4.78, 5) is 4.01. The Kier molecular flexibility index (Phi) is 3.02. The SMILES string of the molecule is CC(N)Cc1cnccc1Br. The van der Waals surface area contributed by atoms with Crippen LogP contribution in [0.5, 0.6) is 0 Å². The van der Waals surface area contributed by atoms with Crippen LogP contribution in [-0.4, -0.2) is 11.0 Å². The Hall–Kier alpha value is -0.410. The van der Waals surface area contributed by atoms with Crippen molar-refractivity contribution in [2.45, 2.75) is 19.4 Å². The van der Waals surface area contributed by atoms with Crippen molar-refractivity contribution >= 4 is 15.9 Å². The number of rotatable bonds is 2. The smallest absolute Gasteiger partial charge is 0.0311 e. The van der Waals surface area contributed by atoms with Crippen molar-refractivity contribution in [3.63, 3.8) is 0 Å². The lowest BCUT2D eigenvalue weighted by atomic mass is 10.1. The van der Waals surface area contributed by atoms with Crippen LogP contribution in [-0.2, 0) is 6.42 Å². The minimum absolute atomic E-state index is 0.190. The van der Waals surface area contributed by atoms with Gasteiger partial charge in [0.1, 0.15) is 0 Å². The second-order valence-electron chi connectivity index (χ2n) is 2.65. The molecule has 0 aliphatic carbocycles. The second-order valence-corrected chi connectivity index (χ2v) is 3.50. The van der Waals surface area contributed by atoms with Crippen LogP contribution in [0.2, 0.25) is 0 Å². The first-order chi connectivity index (χ1) is 5.20. The second kappa shape index (κ2) is 3.83. The van der Waals surface area contributed by atoms with Gasteiger partial charge < -0.3 is 5.73 Å². The Morgan fingerprint density at radius 1 is 1.73 bits per heavy atom. The topological polar surface area (TPSA) is 38.9 Å². The van der Waals surface area contributed by atoms with Crippen LogP contribution in [0.4, 0.5) is 0 Å². The van der Waals surface area contributed by atoms with E-state index in [1.165, 1.54) is 5.56 Å². The van der Waals surface area contributed by atoms with Gasteiger partial charge in [-0.15, -0.1) is 0 Å². The standard InChI is InChI=1S/C8H11BrN2/c1-6(10)4-7-5-11-3-2-8(7)9/h2-3,5-6H,4,10H2,1H3. The molecule has 0 saturated heterocycles. The summed E-state index contributed by atoms with van der Waals surface area (Å²) in [7, 11) is 0. The molecule has 0 aliphatic rings. The van der Waals surface area contributed by atoms with Gasteiger partial charge in [0.2, 0.25) is 0 Å². The molecule has 1 rings (SSSR count). The summed E-state index contributed by atoms with van der Waals surface area (Å²) in [5.41, 5.74) is 6.81. The largest absolute Gasteiger partial charge is 0.328 e. The number of aromatic nitrogens is 1. The van der Waals surface area contributed by atoms with E-state index in [2.05, 4.69) is 20.9 Å². The molecule has 0 amide bonds. The van der Waals surface area contributed by atoms with Gasteiger partial charge in [-0.3, -0.25) is 4.98 Å². The molecule has 0 aliphatic heterocycles. The number of hydrogen-bond acceptors (Lipinski definition) is 2. The van der Waals surface area contributed by atoms with Crippen molar-refractivity contribution in [1.82, 2.24) is 4.98 Å². The van der Waals surface area contributed by atoms with E-state index < -0.39 is 0 Å². The molecular weight excluding hydrogens is 204 g/mol. The van der Waals surface area contributed by atoms with Gasteiger partial charge in [0.15, 0.2) is 0 Å². The Balaban J connectivity index is 2.78. The maximum absolute atomic E-state index is 5.64. The van der Waals surface area contributed by atoms with Crippen LogP contribution in [0, 0.1) is 0 Å². The molecule has 1 aromatic rings. The van der Waals surface area contributed by atoms with E-state index in [1.54, 1.807) is 6.20 Å². The summed E-state index contributed by atoms with van der Waals surface area (Å²) in [6, 6.07) is 2.12. The fraction of sp³-hybridized carbons (Fsp3) is 0.375. The van der Waals surface area contributed by atoms with E-state index in [1.807, 2.05) is 19.2 Å². The van der Waals surface area contributed by atoms with Gasteiger partial charge in [-0.1, -0.05) is 15.9 Å². The monoisotopic (exact) mass is 214 g/mol. The molecule has 0 spiro atoms. The van der Waals surface area contributed by atoms with E-state index in [9.17, 15) is 0 Å². The van der Waals surface area contributed by atoms with Crippen molar-refractivity contribution in [3.8, 4) is 0 Å². The highest BCUT2D eigenvalue weighted by molar-refractivity contribution is 9.10. The zero-order chi connectivity index (χ0) is 8.27. The molecule has 0 fully saturated rings. The van der Waals surface area contributed by atoms with Crippen molar-refractivity contribution in [2.75, 3.05) is 0 Å².